The highest BCUT2D eigenvalue weighted by atomic mass is 16.6. The van der Waals surface area contributed by atoms with Gasteiger partial charge >= 0.3 is 0 Å². The second-order valence-corrected chi connectivity index (χ2v) is 2.08. The van der Waals surface area contributed by atoms with E-state index in [9.17, 15) is 0 Å². The largest absolute Gasteiger partial charge is 0.396 e. The first kappa shape index (κ1) is 8.88. The van der Waals surface area contributed by atoms with Crippen molar-refractivity contribution >= 4 is 0 Å². The molecule has 3 nitrogen and oxygen atoms in total. The maximum Gasteiger partial charge on any atom is 0.164 e. The summed E-state index contributed by atoms with van der Waals surface area (Å²) in [5.41, 5.74) is 0. The maximum atomic E-state index is 9.13. The Morgan fingerprint density at radius 2 is 2.11 bits per heavy atom. The molecule has 0 aromatic heterocycles. The molecule has 2 N–H and O–H groups in total. The minimum absolute atomic E-state index is 0.0486. The van der Waals surface area contributed by atoms with Crippen LogP contribution in [0.3, 0.4) is 0 Å². The van der Waals surface area contributed by atoms with E-state index in [2.05, 4.69) is 0 Å². The van der Waals surface area contributed by atoms with Crippen LogP contribution in [0.1, 0.15) is 20.3 Å². The SMILES string of the molecule is CCOC(C)(O)CCO. The van der Waals surface area contributed by atoms with E-state index in [1.807, 2.05) is 0 Å². The van der Waals surface area contributed by atoms with Gasteiger partial charge in [0.05, 0.1) is 0 Å². The zero-order chi connectivity index (χ0) is 7.33. The standard InChI is InChI=1S/C6H14O3/c1-3-9-6(2,8)4-5-7/h7-8H,3-5H2,1-2H3. The second-order valence-electron chi connectivity index (χ2n) is 2.08. The predicted octanol–water partition coefficient (Wildman–Crippen LogP) is 0.114. The van der Waals surface area contributed by atoms with Gasteiger partial charge in [-0.3, -0.25) is 0 Å². The molecule has 9 heavy (non-hydrogen) atoms. The van der Waals surface area contributed by atoms with E-state index in [1.54, 1.807) is 6.92 Å². The number of aliphatic hydroxyl groups excluding tert-OH is 1. The van der Waals surface area contributed by atoms with Crippen LogP contribution in [0.5, 0.6) is 0 Å². The van der Waals surface area contributed by atoms with Crippen LogP contribution in [0.2, 0.25) is 0 Å². The van der Waals surface area contributed by atoms with Crippen molar-refractivity contribution in [3.63, 3.8) is 0 Å². The fraction of sp³-hybridized carbons (Fsp3) is 1.00. The van der Waals surface area contributed by atoms with E-state index >= 15 is 0 Å². The molecule has 0 radical (unpaired) electrons. The summed E-state index contributed by atoms with van der Waals surface area (Å²) >= 11 is 0. The van der Waals surface area contributed by atoms with Crippen LogP contribution >= 0.6 is 0 Å². The average Bonchev–Trinajstić information content (AvgIpc) is 1.64. The molecule has 0 saturated carbocycles. The van der Waals surface area contributed by atoms with Crippen molar-refractivity contribution in [3.8, 4) is 0 Å². The van der Waals surface area contributed by atoms with Crippen LogP contribution in [0.15, 0.2) is 0 Å². The van der Waals surface area contributed by atoms with E-state index in [4.69, 9.17) is 14.9 Å². The molecule has 56 valence electrons. The Morgan fingerprint density at radius 3 is 2.44 bits per heavy atom. The maximum absolute atomic E-state index is 9.13. The van der Waals surface area contributed by atoms with Gasteiger partial charge in [0.1, 0.15) is 0 Å². The van der Waals surface area contributed by atoms with Crippen LogP contribution in [0.25, 0.3) is 0 Å². The molecular weight excluding hydrogens is 120 g/mol. The fourth-order valence-electron chi connectivity index (χ4n) is 0.591. The normalized spacial score (nSPS) is 17.3. The van der Waals surface area contributed by atoms with Gasteiger partial charge < -0.3 is 14.9 Å². The predicted molar refractivity (Wildman–Crippen MR) is 34.0 cm³/mol. The van der Waals surface area contributed by atoms with Gasteiger partial charge in [0.25, 0.3) is 0 Å². The first-order chi connectivity index (χ1) is 4.12. The molecule has 0 aliphatic carbocycles. The van der Waals surface area contributed by atoms with E-state index in [0.717, 1.165) is 0 Å². The van der Waals surface area contributed by atoms with Crippen molar-refractivity contribution in [2.75, 3.05) is 13.2 Å². The number of hydrogen-bond acceptors (Lipinski definition) is 3. The molecule has 0 saturated heterocycles. The van der Waals surface area contributed by atoms with Crippen molar-refractivity contribution in [2.45, 2.75) is 26.1 Å². The summed E-state index contributed by atoms with van der Waals surface area (Å²) in [7, 11) is 0. The minimum Gasteiger partial charge on any atom is -0.396 e. The number of hydrogen-bond donors (Lipinski definition) is 2. The average molecular weight is 134 g/mol. The van der Waals surface area contributed by atoms with Crippen LogP contribution in [0, 0.1) is 0 Å². The van der Waals surface area contributed by atoms with E-state index in [-0.39, 0.29) is 13.0 Å². The Bertz CT molecular complexity index is 62.7. The highest BCUT2D eigenvalue weighted by Crippen LogP contribution is 2.08. The second kappa shape index (κ2) is 3.82. The summed E-state index contributed by atoms with van der Waals surface area (Å²) in [6.07, 6.45) is 0.265. The molecular formula is C6H14O3. The Labute approximate surface area is 55.3 Å². The molecule has 0 aromatic rings. The third-order valence-electron chi connectivity index (χ3n) is 1.03. The molecule has 0 aromatic carbocycles. The molecule has 1 unspecified atom stereocenters. The molecule has 0 amide bonds. The topological polar surface area (TPSA) is 49.7 Å². The molecule has 1 atom stereocenters. The zero-order valence-corrected chi connectivity index (χ0v) is 5.92. The Morgan fingerprint density at radius 1 is 1.56 bits per heavy atom. The monoisotopic (exact) mass is 134 g/mol. The van der Waals surface area contributed by atoms with Gasteiger partial charge in [0, 0.05) is 19.6 Å². The first-order valence-electron chi connectivity index (χ1n) is 3.09. The summed E-state index contributed by atoms with van der Waals surface area (Å²) in [4.78, 5) is 0. The third kappa shape index (κ3) is 4.39. The van der Waals surface area contributed by atoms with Crippen molar-refractivity contribution in [3.05, 3.63) is 0 Å². The highest BCUT2D eigenvalue weighted by Gasteiger charge is 2.18. The van der Waals surface area contributed by atoms with Crippen LogP contribution in [0.4, 0.5) is 0 Å². The third-order valence-corrected chi connectivity index (χ3v) is 1.03. The smallest absolute Gasteiger partial charge is 0.164 e. The van der Waals surface area contributed by atoms with Crippen molar-refractivity contribution in [2.24, 2.45) is 0 Å². The molecule has 0 rings (SSSR count). The Kier molecular flexibility index (Phi) is 3.77. The van der Waals surface area contributed by atoms with E-state index in [0.29, 0.717) is 6.61 Å². The molecule has 0 heterocycles. The summed E-state index contributed by atoms with van der Waals surface area (Å²) in [5, 5.41) is 17.5. The van der Waals surface area contributed by atoms with Gasteiger partial charge in [-0.15, -0.1) is 0 Å². The number of rotatable bonds is 4. The van der Waals surface area contributed by atoms with Crippen molar-refractivity contribution < 1.29 is 14.9 Å². The molecule has 0 aliphatic heterocycles. The fourth-order valence-corrected chi connectivity index (χ4v) is 0.591. The highest BCUT2D eigenvalue weighted by molar-refractivity contribution is 4.56. The Hall–Kier alpha value is -0.120. The lowest BCUT2D eigenvalue weighted by Gasteiger charge is -2.21. The lowest BCUT2D eigenvalue weighted by atomic mass is 10.2. The van der Waals surface area contributed by atoms with E-state index < -0.39 is 5.79 Å². The van der Waals surface area contributed by atoms with E-state index in [1.165, 1.54) is 6.92 Å². The van der Waals surface area contributed by atoms with Gasteiger partial charge in [-0.25, -0.2) is 0 Å². The lowest BCUT2D eigenvalue weighted by Crippen LogP contribution is -2.29. The quantitative estimate of drug-likeness (QED) is 0.537. The minimum atomic E-state index is -1.15. The summed E-state index contributed by atoms with van der Waals surface area (Å²) in [5.74, 6) is -1.15. The van der Waals surface area contributed by atoms with Crippen LogP contribution < -0.4 is 0 Å². The lowest BCUT2D eigenvalue weighted by molar-refractivity contribution is -0.194. The van der Waals surface area contributed by atoms with Crippen molar-refractivity contribution in [1.29, 1.82) is 0 Å². The number of ether oxygens (including phenoxy) is 1. The van der Waals surface area contributed by atoms with Crippen LogP contribution in [-0.4, -0.2) is 29.2 Å². The Balaban J connectivity index is 3.43. The molecule has 0 bridgehead atoms. The summed E-state index contributed by atoms with van der Waals surface area (Å²) < 4.78 is 4.87. The number of aliphatic hydroxyl groups is 2. The molecule has 0 fully saturated rings. The molecule has 0 spiro atoms. The molecule has 0 aliphatic rings. The first-order valence-corrected chi connectivity index (χ1v) is 3.09. The summed E-state index contributed by atoms with van der Waals surface area (Å²) in [6.45, 7) is 3.75. The van der Waals surface area contributed by atoms with Crippen LogP contribution in [-0.2, 0) is 4.74 Å². The van der Waals surface area contributed by atoms with Gasteiger partial charge in [-0.05, 0) is 13.8 Å². The van der Waals surface area contributed by atoms with Gasteiger partial charge in [-0.2, -0.15) is 0 Å². The molecule has 3 heteroatoms. The summed E-state index contributed by atoms with van der Waals surface area (Å²) in [6, 6.07) is 0. The van der Waals surface area contributed by atoms with Gasteiger partial charge in [-0.1, -0.05) is 0 Å². The van der Waals surface area contributed by atoms with Gasteiger partial charge in [0.15, 0.2) is 5.79 Å². The van der Waals surface area contributed by atoms with Crippen molar-refractivity contribution in [1.82, 2.24) is 0 Å². The van der Waals surface area contributed by atoms with Gasteiger partial charge in [0.2, 0.25) is 0 Å². The zero-order valence-electron chi connectivity index (χ0n) is 5.92.